The van der Waals surface area contributed by atoms with Gasteiger partial charge < -0.3 is 5.11 Å². The van der Waals surface area contributed by atoms with Crippen LogP contribution < -0.4 is 0 Å². The van der Waals surface area contributed by atoms with Crippen molar-refractivity contribution in [3.8, 4) is 0 Å². The number of aliphatic carboxylic acids is 1. The summed E-state index contributed by atoms with van der Waals surface area (Å²) in [6.45, 7) is 0. The molecule has 1 N–H and O–H groups in total. The second kappa shape index (κ2) is 7.54. The average molecular weight is 235 g/mol. The van der Waals surface area contributed by atoms with Gasteiger partial charge >= 0.3 is 23.0 Å². The second-order valence-electron chi connectivity index (χ2n) is 2.17. The van der Waals surface area contributed by atoms with Crippen LogP contribution in [-0.2, 0) is 21.9 Å². The molecule has 2 aliphatic carbocycles. The average Bonchev–Trinajstić information content (AvgIpc) is 2.75. The maximum atomic E-state index is 10.00. The van der Waals surface area contributed by atoms with Gasteiger partial charge in [0.15, 0.2) is 0 Å². The Bertz CT molecular complexity index is 500. The molecule has 0 saturated heterocycles. The third kappa shape index (κ3) is 6.25. The van der Waals surface area contributed by atoms with Crippen molar-refractivity contribution in [2.45, 2.75) is 6.42 Å². The standard InChI is InChI=1S/C7H3O2.C5.Fe/c8-7(9)5-6-3-1-2-4-6;1-2-4-5-3-1;/h5H2,(H,8,9);;/q2*-1;+2. The van der Waals surface area contributed by atoms with Gasteiger partial charge in [-0.15, -0.1) is 23.8 Å². The number of hydrogen-bond donors (Lipinski definition) is 1. The molecule has 2 rings (SSSR count). The fourth-order valence-electron chi connectivity index (χ4n) is 0.641. The van der Waals surface area contributed by atoms with Gasteiger partial charge in [0.25, 0.3) is 0 Å². The summed E-state index contributed by atoms with van der Waals surface area (Å²) in [5.41, 5.74) is 15.5. The van der Waals surface area contributed by atoms with E-state index >= 15 is 0 Å². The minimum atomic E-state index is -0.879. The molecule has 0 aromatic heterocycles. The van der Waals surface area contributed by atoms with Gasteiger partial charge in [-0.25, -0.2) is 11.5 Å². The van der Waals surface area contributed by atoms with Gasteiger partial charge in [-0.2, -0.15) is 0 Å². The van der Waals surface area contributed by atoms with Gasteiger partial charge in [-0.3, -0.25) is 27.7 Å². The zero-order valence-corrected chi connectivity index (χ0v) is 8.52. The fraction of sp³-hybridized carbons (Fsp3) is 0.0833. The Kier molecular flexibility index (Phi) is 6.61. The van der Waals surface area contributed by atoms with E-state index in [2.05, 4.69) is 52.6 Å². The molecule has 15 heavy (non-hydrogen) atoms. The van der Waals surface area contributed by atoms with Crippen LogP contribution >= 0.6 is 0 Å². The van der Waals surface area contributed by atoms with Crippen LogP contribution in [0.1, 0.15) is 6.42 Å². The molecule has 0 bridgehead atoms. The number of allylic oxidation sites excluding steroid dienone is 3. The number of carboxylic acids is 1. The molecule has 0 aliphatic heterocycles. The summed E-state index contributed by atoms with van der Waals surface area (Å²) in [7, 11) is 0. The van der Waals surface area contributed by atoms with Crippen molar-refractivity contribution >= 4 is 5.97 Å². The topological polar surface area (TPSA) is 37.3 Å². The Hall–Kier alpha value is -1.85. The van der Waals surface area contributed by atoms with Crippen LogP contribution in [0.15, 0.2) is 40.0 Å². The smallest absolute Gasteiger partial charge is 0.481 e. The van der Waals surface area contributed by atoms with E-state index in [-0.39, 0.29) is 23.5 Å². The number of rotatable bonds is 2. The van der Waals surface area contributed by atoms with Crippen LogP contribution in [0, 0.1) is 18.2 Å². The van der Waals surface area contributed by atoms with Crippen LogP contribution in [0.3, 0.4) is 0 Å². The van der Waals surface area contributed by atoms with Gasteiger partial charge in [0, 0.05) is 0 Å². The van der Waals surface area contributed by atoms with E-state index in [0.717, 1.165) is 0 Å². The van der Waals surface area contributed by atoms with E-state index < -0.39 is 5.97 Å². The summed E-state index contributed by atoms with van der Waals surface area (Å²) in [5, 5.41) is 8.22. The van der Waals surface area contributed by atoms with Crippen LogP contribution in [0.2, 0.25) is 0 Å². The van der Waals surface area contributed by atoms with E-state index in [0.29, 0.717) is 5.57 Å². The molecule has 0 aromatic rings. The minimum absolute atomic E-state index is 0. The second-order valence-corrected chi connectivity index (χ2v) is 2.17. The van der Waals surface area contributed by atoms with Crippen molar-refractivity contribution in [3.63, 3.8) is 0 Å². The summed E-state index contributed by atoms with van der Waals surface area (Å²) < 4.78 is 0. The van der Waals surface area contributed by atoms with Crippen LogP contribution in [0.4, 0.5) is 0 Å². The van der Waals surface area contributed by atoms with E-state index in [1.165, 1.54) is 0 Å². The summed E-state index contributed by atoms with van der Waals surface area (Å²) in [6, 6.07) is 0. The summed E-state index contributed by atoms with van der Waals surface area (Å²) >= 11 is 0. The molecule has 71 valence electrons. The number of carboxylic acid groups (broad SMARTS) is 1. The van der Waals surface area contributed by atoms with Crippen molar-refractivity contribution in [2.24, 2.45) is 0 Å². The Morgan fingerprint density at radius 1 is 1.27 bits per heavy atom. The molecule has 0 atom stereocenters. The molecule has 0 spiro atoms. The van der Waals surface area contributed by atoms with Gasteiger partial charge in [0.05, 0.1) is 6.42 Å². The SMILES string of the molecule is O=C(O)CC1=C=C=C=[C-]1.[C]1=C=C=C=[C-]1.[Fe+2]. The first-order chi connectivity index (χ1) is 6.79. The summed E-state index contributed by atoms with van der Waals surface area (Å²) in [6.07, 6.45) is 7.51. The van der Waals surface area contributed by atoms with Gasteiger partial charge in [0.2, 0.25) is 0 Å². The van der Waals surface area contributed by atoms with Crippen molar-refractivity contribution in [2.75, 3.05) is 0 Å². The molecule has 3 heteroatoms. The van der Waals surface area contributed by atoms with Crippen molar-refractivity contribution < 1.29 is 27.0 Å². The monoisotopic (exact) mass is 235 g/mol. The quantitative estimate of drug-likeness (QED) is 0.445. The minimum Gasteiger partial charge on any atom is -0.481 e. The predicted molar refractivity (Wildman–Crippen MR) is 46.6 cm³/mol. The predicted octanol–water partition coefficient (Wildman–Crippen LogP) is 1.29. The normalized spacial score (nSPS) is 11.1. The molecule has 2 aliphatic rings. The van der Waals surface area contributed by atoms with Crippen LogP contribution in [0.5, 0.6) is 0 Å². The van der Waals surface area contributed by atoms with E-state index in [1.807, 2.05) is 0 Å². The number of hydrogen-bond acceptors (Lipinski definition) is 1. The molecule has 2 nitrogen and oxygen atoms in total. The van der Waals surface area contributed by atoms with Crippen molar-refractivity contribution in [3.05, 3.63) is 58.2 Å². The van der Waals surface area contributed by atoms with Crippen LogP contribution in [0.25, 0.3) is 0 Å². The van der Waals surface area contributed by atoms with E-state index in [4.69, 9.17) is 5.11 Å². The van der Waals surface area contributed by atoms with Crippen molar-refractivity contribution in [1.82, 2.24) is 0 Å². The molecule has 0 fully saturated rings. The summed E-state index contributed by atoms with van der Waals surface area (Å²) in [4.78, 5) is 10.00. The third-order valence-corrected chi connectivity index (χ3v) is 1.13. The molecule has 0 unspecified atom stereocenters. The molecule has 1 radical (unpaired) electrons. The van der Waals surface area contributed by atoms with Crippen molar-refractivity contribution in [1.29, 1.82) is 0 Å². The zero-order chi connectivity index (χ0) is 10.2. The first kappa shape index (κ1) is 13.1. The van der Waals surface area contributed by atoms with E-state index in [9.17, 15) is 4.79 Å². The molecule has 0 heterocycles. The van der Waals surface area contributed by atoms with E-state index in [1.54, 1.807) is 0 Å². The summed E-state index contributed by atoms with van der Waals surface area (Å²) in [5.74, 6) is -0.879. The van der Waals surface area contributed by atoms with Gasteiger partial charge in [0.1, 0.15) is 0 Å². The fourth-order valence-corrected chi connectivity index (χ4v) is 0.641. The number of carbonyl (C=O) groups is 1. The molecule has 0 aromatic carbocycles. The first-order valence-corrected chi connectivity index (χ1v) is 3.63. The Labute approximate surface area is 97.8 Å². The Balaban J connectivity index is 0.000000280. The third-order valence-electron chi connectivity index (χ3n) is 1.13. The maximum Gasteiger partial charge on any atom is 2.00 e. The maximum absolute atomic E-state index is 10.00. The zero-order valence-electron chi connectivity index (χ0n) is 7.42. The molecular formula is C12H3FeO2. The Morgan fingerprint density at radius 3 is 2.40 bits per heavy atom. The molecule has 0 amide bonds. The molecular weight excluding hydrogens is 232 g/mol. The first-order valence-electron chi connectivity index (χ1n) is 3.63. The van der Waals surface area contributed by atoms with Crippen LogP contribution in [-0.4, -0.2) is 11.1 Å². The largest absolute Gasteiger partial charge is 2.00 e. The Morgan fingerprint density at radius 2 is 2.07 bits per heavy atom. The molecule has 0 saturated carbocycles. The van der Waals surface area contributed by atoms with Gasteiger partial charge in [-0.05, 0) is 0 Å². The van der Waals surface area contributed by atoms with Gasteiger partial charge in [-0.1, -0.05) is 0 Å².